The minimum absolute atomic E-state index is 0.0933. The molecule has 2 saturated carbocycles. The molecule has 0 unspecified atom stereocenters. The first-order valence-corrected chi connectivity index (χ1v) is 17.3. The highest BCUT2D eigenvalue weighted by atomic mass is 16.5. The third kappa shape index (κ3) is 10.4. The molecule has 3 aliphatic carbocycles. The molecule has 0 amide bonds. The van der Waals surface area contributed by atoms with E-state index in [9.17, 15) is 19.2 Å². The topological polar surface area (TPSA) is 124 Å². The molecule has 49 heavy (non-hydrogen) atoms. The van der Waals surface area contributed by atoms with Crippen LogP contribution in [0.3, 0.4) is 0 Å². The maximum Gasteiger partial charge on any atom is 0.330 e. The van der Waals surface area contributed by atoms with E-state index in [1.807, 2.05) is 36.4 Å². The van der Waals surface area contributed by atoms with Crippen molar-refractivity contribution < 1.29 is 47.6 Å². The van der Waals surface area contributed by atoms with E-state index in [1.54, 1.807) is 0 Å². The van der Waals surface area contributed by atoms with Crippen molar-refractivity contribution >= 4 is 23.9 Å². The molecular formula is C39H46O10. The molecule has 5 rings (SSSR count). The summed E-state index contributed by atoms with van der Waals surface area (Å²) in [5, 5.41) is 0. The van der Waals surface area contributed by atoms with E-state index < -0.39 is 11.9 Å². The first-order chi connectivity index (χ1) is 23.8. The molecule has 0 aromatic heterocycles. The van der Waals surface area contributed by atoms with E-state index in [0.717, 1.165) is 60.1 Å². The SMILES string of the molecule is C=CC(=O)OCCCOC1CCC(C(=O)Oc2ccc3c(c2)Cc2cc(OC(=O)C4CCC(OCCCOC(=O)C=C)CC4)ccc2-3)CC1. The van der Waals surface area contributed by atoms with Crippen molar-refractivity contribution in [2.45, 2.75) is 82.8 Å². The Morgan fingerprint density at radius 1 is 0.592 bits per heavy atom. The normalized spacial score (nSPS) is 21.1. The van der Waals surface area contributed by atoms with Crippen molar-refractivity contribution in [1.82, 2.24) is 0 Å². The van der Waals surface area contributed by atoms with Gasteiger partial charge in [0.25, 0.3) is 0 Å². The van der Waals surface area contributed by atoms with Gasteiger partial charge in [0.1, 0.15) is 11.5 Å². The molecule has 0 N–H and O–H groups in total. The smallest absolute Gasteiger partial charge is 0.330 e. The van der Waals surface area contributed by atoms with Crippen LogP contribution in [0, 0.1) is 11.8 Å². The number of hydrogen-bond donors (Lipinski definition) is 0. The molecular weight excluding hydrogens is 628 g/mol. The van der Waals surface area contributed by atoms with Gasteiger partial charge in [0.15, 0.2) is 0 Å². The molecule has 0 saturated heterocycles. The van der Waals surface area contributed by atoms with Crippen molar-refractivity contribution in [3.05, 3.63) is 72.8 Å². The van der Waals surface area contributed by atoms with E-state index in [1.165, 1.54) is 0 Å². The number of benzene rings is 2. The average molecular weight is 675 g/mol. The number of hydrogen-bond acceptors (Lipinski definition) is 10. The number of carbonyl (C=O) groups is 4. The monoisotopic (exact) mass is 674 g/mol. The Labute approximate surface area is 287 Å². The summed E-state index contributed by atoms with van der Waals surface area (Å²) in [6, 6.07) is 11.5. The van der Waals surface area contributed by atoms with Gasteiger partial charge in [0, 0.05) is 25.0 Å². The van der Waals surface area contributed by atoms with Gasteiger partial charge in [-0.1, -0.05) is 25.3 Å². The molecule has 0 aliphatic heterocycles. The predicted molar refractivity (Wildman–Crippen MR) is 181 cm³/mol. The Kier molecular flexibility index (Phi) is 13.2. The maximum absolute atomic E-state index is 13.0. The van der Waals surface area contributed by atoms with Crippen LogP contribution in [0.4, 0.5) is 0 Å². The molecule has 10 heteroatoms. The second-order valence-corrected chi connectivity index (χ2v) is 12.8. The van der Waals surface area contributed by atoms with Gasteiger partial charge in [0.05, 0.1) is 50.5 Å². The lowest BCUT2D eigenvalue weighted by atomic mass is 9.87. The van der Waals surface area contributed by atoms with E-state index in [2.05, 4.69) is 13.2 Å². The Balaban J connectivity index is 1.02. The minimum Gasteiger partial charge on any atom is -0.462 e. The van der Waals surface area contributed by atoms with Crippen LogP contribution in [0.5, 0.6) is 11.5 Å². The van der Waals surface area contributed by atoms with Crippen molar-refractivity contribution in [3.8, 4) is 22.6 Å². The summed E-state index contributed by atoms with van der Waals surface area (Å²) in [6.07, 6.45) is 10.3. The second kappa shape index (κ2) is 17.9. The van der Waals surface area contributed by atoms with Gasteiger partial charge in [-0.3, -0.25) is 9.59 Å². The van der Waals surface area contributed by atoms with Crippen LogP contribution in [-0.4, -0.2) is 62.5 Å². The third-order valence-electron chi connectivity index (χ3n) is 9.38. The number of fused-ring (bicyclic) bond motifs is 3. The van der Waals surface area contributed by atoms with E-state index in [0.29, 0.717) is 82.9 Å². The molecule has 2 aromatic carbocycles. The molecule has 0 spiro atoms. The highest BCUT2D eigenvalue weighted by molar-refractivity contribution is 5.82. The quantitative estimate of drug-likeness (QED) is 0.0724. The number of esters is 4. The van der Waals surface area contributed by atoms with Gasteiger partial charge in [-0.25, -0.2) is 9.59 Å². The maximum atomic E-state index is 13.0. The van der Waals surface area contributed by atoms with Gasteiger partial charge in [-0.05, 0) is 104 Å². The van der Waals surface area contributed by atoms with E-state index in [-0.39, 0.29) is 36.0 Å². The molecule has 2 aromatic rings. The summed E-state index contributed by atoms with van der Waals surface area (Å²) in [7, 11) is 0. The number of ether oxygens (including phenoxy) is 6. The zero-order valence-corrected chi connectivity index (χ0v) is 28.0. The summed E-state index contributed by atoms with van der Waals surface area (Å²) < 4.78 is 33.4. The van der Waals surface area contributed by atoms with Gasteiger partial charge in [-0.2, -0.15) is 0 Å². The first kappa shape index (κ1) is 36.0. The summed E-state index contributed by atoms with van der Waals surface area (Å²) in [6.45, 7) is 8.35. The highest BCUT2D eigenvalue weighted by Crippen LogP contribution is 2.40. The van der Waals surface area contributed by atoms with Crippen molar-refractivity contribution in [2.24, 2.45) is 11.8 Å². The zero-order chi connectivity index (χ0) is 34.6. The second-order valence-electron chi connectivity index (χ2n) is 12.8. The predicted octanol–water partition coefficient (Wildman–Crippen LogP) is 6.46. The summed E-state index contributed by atoms with van der Waals surface area (Å²) in [4.78, 5) is 48.2. The molecule has 0 bridgehead atoms. The Morgan fingerprint density at radius 3 is 1.39 bits per heavy atom. The van der Waals surface area contributed by atoms with Crippen LogP contribution in [0.25, 0.3) is 11.1 Å². The fourth-order valence-corrected chi connectivity index (χ4v) is 6.70. The summed E-state index contributed by atoms with van der Waals surface area (Å²) in [5.74, 6) is -0.566. The van der Waals surface area contributed by atoms with Gasteiger partial charge < -0.3 is 28.4 Å². The van der Waals surface area contributed by atoms with Gasteiger partial charge >= 0.3 is 23.9 Å². The molecule has 3 aliphatic rings. The molecule has 10 nitrogen and oxygen atoms in total. The van der Waals surface area contributed by atoms with Crippen molar-refractivity contribution in [2.75, 3.05) is 26.4 Å². The van der Waals surface area contributed by atoms with E-state index >= 15 is 0 Å². The molecule has 262 valence electrons. The van der Waals surface area contributed by atoms with Crippen LogP contribution in [0.1, 0.15) is 75.3 Å². The standard InChI is InChI=1S/C39H46O10/c1-3-36(40)46-21-5-19-44-30-11-7-26(8-12-30)38(42)48-32-15-17-34-28(24-32)23-29-25-33(16-18-35(29)34)49-39(43)27-9-13-31(14-10-27)45-20-6-22-47-37(41)4-2/h3-4,15-18,24-27,30-31H,1-2,5-14,19-23H2. The minimum atomic E-state index is -0.433. The average Bonchev–Trinajstić information content (AvgIpc) is 3.48. The lowest BCUT2D eigenvalue weighted by Crippen LogP contribution is -2.29. The summed E-state index contributed by atoms with van der Waals surface area (Å²) >= 11 is 0. The van der Waals surface area contributed by atoms with Crippen LogP contribution in [-0.2, 0) is 44.5 Å². The number of rotatable bonds is 16. The van der Waals surface area contributed by atoms with Crippen LogP contribution in [0.2, 0.25) is 0 Å². The first-order valence-electron chi connectivity index (χ1n) is 17.3. The largest absolute Gasteiger partial charge is 0.462 e. The molecule has 2 fully saturated rings. The fraction of sp³-hybridized carbons (Fsp3) is 0.487. The van der Waals surface area contributed by atoms with Crippen molar-refractivity contribution in [1.29, 1.82) is 0 Å². The third-order valence-corrected chi connectivity index (χ3v) is 9.38. The van der Waals surface area contributed by atoms with Crippen LogP contribution in [0.15, 0.2) is 61.7 Å². The lowest BCUT2D eigenvalue weighted by molar-refractivity contribution is -0.142. The molecule has 0 atom stereocenters. The number of carbonyl (C=O) groups excluding carboxylic acids is 4. The highest BCUT2D eigenvalue weighted by Gasteiger charge is 2.30. The van der Waals surface area contributed by atoms with Crippen LogP contribution < -0.4 is 9.47 Å². The van der Waals surface area contributed by atoms with Crippen LogP contribution >= 0.6 is 0 Å². The van der Waals surface area contributed by atoms with Crippen molar-refractivity contribution in [3.63, 3.8) is 0 Å². The Bertz CT molecular complexity index is 1390. The molecule has 0 radical (unpaired) electrons. The fourth-order valence-electron chi connectivity index (χ4n) is 6.70. The van der Waals surface area contributed by atoms with Gasteiger partial charge in [0.2, 0.25) is 0 Å². The zero-order valence-electron chi connectivity index (χ0n) is 28.0. The van der Waals surface area contributed by atoms with Gasteiger partial charge in [-0.15, -0.1) is 0 Å². The van der Waals surface area contributed by atoms with E-state index in [4.69, 9.17) is 28.4 Å². The molecule has 0 heterocycles. The Morgan fingerprint density at radius 2 is 1.00 bits per heavy atom. The Hall–Kier alpha value is -4.28. The summed E-state index contributed by atoms with van der Waals surface area (Å²) in [5.41, 5.74) is 4.30. The lowest BCUT2D eigenvalue weighted by Gasteiger charge is -2.27.